The number of rotatable bonds is 7. The zero-order valence-corrected chi connectivity index (χ0v) is 33.1. The second-order valence-electron chi connectivity index (χ2n) is 14.9. The molecule has 268 valence electrons. The van der Waals surface area contributed by atoms with Crippen LogP contribution in [0.5, 0.6) is 0 Å². The van der Waals surface area contributed by atoms with Gasteiger partial charge in [-0.1, -0.05) is 146 Å². The van der Waals surface area contributed by atoms with Crippen LogP contribution >= 0.6 is 11.8 Å². The number of fused-ring (bicyclic) bond motifs is 8. The van der Waals surface area contributed by atoms with E-state index in [1.54, 1.807) is 0 Å². The molecule has 0 saturated carbocycles. The largest absolute Gasteiger partial charge is 0.252 e. The minimum Gasteiger partial charge on any atom is -0.252 e. The molecule has 1 atom stereocenters. The Hall–Kier alpha value is -5.88. The molecule has 0 fully saturated rings. The fraction of sp³-hybridized carbons (Fsp3) is 0.151. The van der Waals surface area contributed by atoms with Gasteiger partial charge in [-0.3, -0.25) is 4.99 Å². The number of hydrogen-bond donors (Lipinski definition) is 0. The summed E-state index contributed by atoms with van der Waals surface area (Å²) in [5.74, 6) is 3.31. The summed E-state index contributed by atoms with van der Waals surface area (Å²) in [6.07, 6.45) is 17.4. The van der Waals surface area contributed by atoms with E-state index < -0.39 is 0 Å². The third-order valence-corrected chi connectivity index (χ3v) is 12.4. The van der Waals surface area contributed by atoms with E-state index in [1.165, 1.54) is 48.8 Å². The van der Waals surface area contributed by atoms with Gasteiger partial charge in [-0.05, 0) is 137 Å². The molecule has 0 radical (unpaired) electrons. The summed E-state index contributed by atoms with van der Waals surface area (Å²) in [6, 6.07) is 42.0. The van der Waals surface area contributed by atoms with Crippen LogP contribution in [0.15, 0.2) is 178 Å². The molecule has 1 spiro atoms. The molecule has 8 rings (SSSR count). The molecule has 2 aliphatic carbocycles. The number of aryl methyl sites for hydroxylation is 1. The summed E-state index contributed by atoms with van der Waals surface area (Å²) in [5.41, 5.74) is 18.3. The van der Waals surface area contributed by atoms with Crippen molar-refractivity contribution in [2.45, 2.75) is 56.2 Å². The fourth-order valence-electron chi connectivity index (χ4n) is 8.87. The second-order valence-corrected chi connectivity index (χ2v) is 16.0. The Kier molecular flexibility index (Phi) is 9.68. The smallest absolute Gasteiger partial charge is 0.0711 e. The summed E-state index contributed by atoms with van der Waals surface area (Å²) in [4.78, 5) is 8.07. The molecule has 0 N–H and O–H groups in total. The Morgan fingerprint density at radius 2 is 1.51 bits per heavy atom. The standard InChI is InChI=1S/C53H45NS/c1-8-10-18-39(9-2)43-27-25-41(31-36(43)5)35(4)32-49(40-19-12-11-13-20-40)54-38(7)42-26-28-44-47(33-42)53(48-30-34(3)29-37(6)52(44)48)45-21-14-16-23-50(45)55-51-24-17-15-22-46(51)53/h2,8,10-29,31-34H,4,30H2,1,3,5-7H3/b10-8-,39-18+,49-32-,54-38?. The fourth-order valence-corrected chi connectivity index (χ4v) is 10.1. The first-order valence-corrected chi connectivity index (χ1v) is 19.9. The van der Waals surface area contributed by atoms with E-state index in [4.69, 9.17) is 11.4 Å². The van der Waals surface area contributed by atoms with E-state index in [0.29, 0.717) is 5.92 Å². The molecule has 1 aliphatic heterocycles. The zero-order chi connectivity index (χ0) is 38.3. The van der Waals surface area contributed by atoms with Crippen molar-refractivity contribution in [1.82, 2.24) is 0 Å². The van der Waals surface area contributed by atoms with Gasteiger partial charge in [0.25, 0.3) is 0 Å². The summed E-state index contributed by atoms with van der Waals surface area (Å²) >= 11 is 1.90. The SMILES string of the molecule is C#C/C(=C\C=C/C)c1ccc(C(=C)/C=C(\N=C(C)c2ccc3c(c2)C2(C4=C3C(C)=CC(C)C4)c3ccccc3Sc3ccccc32)c2ccccc2)cc1C. The van der Waals surface area contributed by atoms with E-state index in [9.17, 15) is 0 Å². The first-order chi connectivity index (χ1) is 26.7. The van der Waals surface area contributed by atoms with Crippen LogP contribution in [0.2, 0.25) is 0 Å². The third-order valence-electron chi connectivity index (χ3n) is 11.3. The maximum absolute atomic E-state index is 5.89. The predicted molar refractivity (Wildman–Crippen MR) is 236 cm³/mol. The molecule has 0 amide bonds. The van der Waals surface area contributed by atoms with Crippen molar-refractivity contribution in [2.75, 3.05) is 0 Å². The minimum absolute atomic E-state index is 0.374. The number of benzene rings is 5. The quantitative estimate of drug-likeness (QED) is 0.0924. The molecule has 0 saturated heterocycles. The number of hydrogen-bond acceptors (Lipinski definition) is 2. The van der Waals surface area contributed by atoms with Gasteiger partial charge in [0.1, 0.15) is 0 Å². The second kappa shape index (κ2) is 14.7. The van der Waals surface area contributed by atoms with Crippen molar-refractivity contribution in [3.63, 3.8) is 0 Å². The normalized spacial score (nSPS) is 17.3. The van der Waals surface area contributed by atoms with E-state index in [0.717, 1.165) is 56.8 Å². The highest BCUT2D eigenvalue weighted by molar-refractivity contribution is 7.99. The maximum atomic E-state index is 5.89. The van der Waals surface area contributed by atoms with Crippen LogP contribution < -0.4 is 0 Å². The average molecular weight is 728 g/mol. The monoisotopic (exact) mass is 727 g/mol. The molecule has 5 aromatic rings. The topological polar surface area (TPSA) is 12.4 Å². The van der Waals surface area contributed by atoms with Gasteiger partial charge in [0, 0.05) is 26.6 Å². The summed E-state index contributed by atoms with van der Waals surface area (Å²) in [6.45, 7) is 15.4. The van der Waals surface area contributed by atoms with Gasteiger partial charge >= 0.3 is 0 Å². The Balaban J connectivity index is 1.26. The molecule has 1 heterocycles. The van der Waals surface area contributed by atoms with Crippen LogP contribution in [0.1, 0.15) is 84.2 Å². The number of terminal acetylenes is 1. The average Bonchev–Trinajstić information content (AvgIpc) is 3.48. The lowest BCUT2D eigenvalue weighted by Crippen LogP contribution is -2.34. The first-order valence-electron chi connectivity index (χ1n) is 19.1. The van der Waals surface area contributed by atoms with Crippen molar-refractivity contribution in [3.05, 3.63) is 213 Å². The van der Waals surface area contributed by atoms with E-state index >= 15 is 0 Å². The summed E-state index contributed by atoms with van der Waals surface area (Å²) in [5, 5.41) is 0. The summed E-state index contributed by atoms with van der Waals surface area (Å²) < 4.78 is 0. The lowest BCUT2D eigenvalue weighted by atomic mass is 9.64. The molecule has 55 heavy (non-hydrogen) atoms. The van der Waals surface area contributed by atoms with Crippen molar-refractivity contribution in [3.8, 4) is 12.3 Å². The molecule has 0 bridgehead atoms. The lowest BCUT2D eigenvalue weighted by Gasteiger charge is -2.42. The van der Waals surface area contributed by atoms with E-state index in [-0.39, 0.29) is 5.41 Å². The van der Waals surface area contributed by atoms with Crippen molar-refractivity contribution in [2.24, 2.45) is 10.9 Å². The highest BCUT2D eigenvalue weighted by atomic mass is 32.2. The Morgan fingerprint density at radius 3 is 2.18 bits per heavy atom. The highest BCUT2D eigenvalue weighted by Gasteiger charge is 2.52. The molecule has 5 aromatic carbocycles. The van der Waals surface area contributed by atoms with Gasteiger partial charge in [0.05, 0.1) is 11.1 Å². The minimum atomic E-state index is -0.374. The van der Waals surface area contributed by atoms with Crippen LogP contribution in [0.3, 0.4) is 0 Å². The molecule has 2 heteroatoms. The van der Waals surface area contributed by atoms with Gasteiger partial charge in [0.15, 0.2) is 0 Å². The predicted octanol–water partition coefficient (Wildman–Crippen LogP) is 13.7. The maximum Gasteiger partial charge on any atom is 0.0711 e. The van der Waals surface area contributed by atoms with Gasteiger partial charge in [0.2, 0.25) is 0 Å². The molecule has 3 aliphatic rings. The van der Waals surface area contributed by atoms with Crippen LogP contribution in [-0.4, -0.2) is 5.71 Å². The van der Waals surface area contributed by atoms with Crippen LogP contribution in [0.4, 0.5) is 0 Å². The van der Waals surface area contributed by atoms with Crippen LogP contribution in [-0.2, 0) is 5.41 Å². The zero-order valence-electron chi connectivity index (χ0n) is 32.3. The van der Waals surface area contributed by atoms with Crippen molar-refractivity contribution >= 4 is 39.9 Å². The summed E-state index contributed by atoms with van der Waals surface area (Å²) in [7, 11) is 0. The molecule has 1 nitrogen and oxygen atoms in total. The Bertz CT molecular complexity index is 2570. The molecular formula is C53H45NS. The molecular weight excluding hydrogens is 683 g/mol. The number of nitrogens with zero attached hydrogens (tertiary/aromatic N) is 1. The number of aliphatic imine (C=N–C) groups is 1. The van der Waals surface area contributed by atoms with Crippen molar-refractivity contribution in [1.29, 1.82) is 0 Å². The third kappa shape index (κ3) is 6.24. The highest BCUT2D eigenvalue weighted by Crippen LogP contribution is 2.64. The van der Waals surface area contributed by atoms with E-state index in [1.807, 2.05) is 43.0 Å². The Labute approximate surface area is 331 Å². The molecule has 1 unspecified atom stereocenters. The van der Waals surface area contributed by atoms with E-state index in [2.05, 4.69) is 162 Å². The van der Waals surface area contributed by atoms with Crippen LogP contribution in [0, 0.1) is 25.2 Å². The van der Waals surface area contributed by atoms with Crippen LogP contribution in [0.25, 0.3) is 22.4 Å². The van der Waals surface area contributed by atoms with Crippen molar-refractivity contribution < 1.29 is 0 Å². The first kappa shape index (κ1) is 36.1. The van der Waals surface area contributed by atoms with Gasteiger partial charge < -0.3 is 0 Å². The van der Waals surface area contributed by atoms with Gasteiger partial charge in [-0.15, -0.1) is 6.42 Å². The van der Waals surface area contributed by atoms with Gasteiger partial charge in [-0.25, -0.2) is 0 Å². The number of allylic oxidation sites excluding steroid dienone is 10. The molecule has 0 aromatic heterocycles. The van der Waals surface area contributed by atoms with Gasteiger partial charge in [-0.2, -0.15) is 0 Å². The lowest BCUT2D eigenvalue weighted by molar-refractivity contribution is 0.603. The Morgan fingerprint density at radius 1 is 0.836 bits per heavy atom.